The molecular weight excluding hydrogens is 192 g/mol. The van der Waals surface area contributed by atoms with Gasteiger partial charge in [0.25, 0.3) is 0 Å². The molecule has 0 amide bonds. The molecule has 80 valence electrons. The van der Waals surface area contributed by atoms with Gasteiger partial charge in [-0.3, -0.25) is 0 Å². The third-order valence-electron chi connectivity index (χ3n) is 2.12. The first-order valence-corrected chi connectivity index (χ1v) is 6.13. The summed E-state index contributed by atoms with van der Waals surface area (Å²) in [6.07, 6.45) is 3.09. The van der Waals surface area contributed by atoms with Gasteiger partial charge in [0.1, 0.15) is 5.01 Å². The summed E-state index contributed by atoms with van der Waals surface area (Å²) in [5, 5.41) is 4.69. The predicted molar refractivity (Wildman–Crippen MR) is 62.7 cm³/mol. The van der Waals surface area contributed by atoms with Gasteiger partial charge in [0, 0.05) is 11.1 Å². The van der Waals surface area contributed by atoms with Crippen molar-refractivity contribution in [3.8, 4) is 0 Å². The van der Waals surface area contributed by atoms with Gasteiger partial charge in [-0.15, -0.1) is 11.3 Å². The molecule has 0 aliphatic carbocycles. The first-order chi connectivity index (χ1) is 6.63. The molecule has 3 heteroatoms. The number of thiazole rings is 1. The van der Waals surface area contributed by atoms with Crippen LogP contribution in [0.1, 0.15) is 43.6 Å². The molecule has 0 saturated carbocycles. The maximum absolute atomic E-state index is 4.42. The van der Waals surface area contributed by atoms with Crippen molar-refractivity contribution in [3.63, 3.8) is 0 Å². The summed E-state index contributed by atoms with van der Waals surface area (Å²) in [5.74, 6) is 0.697. The molecular formula is C11H20N2S. The Labute approximate surface area is 90.8 Å². The van der Waals surface area contributed by atoms with Gasteiger partial charge < -0.3 is 5.32 Å². The number of aryl methyl sites for hydroxylation is 1. The number of aromatic nitrogens is 1. The van der Waals surface area contributed by atoms with Gasteiger partial charge in [-0.2, -0.15) is 0 Å². The van der Waals surface area contributed by atoms with Crippen molar-refractivity contribution in [1.82, 2.24) is 10.3 Å². The first-order valence-electron chi connectivity index (χ1n) is 5.31. The highest BCUT2D eigenvalue weighted by molar-refractivity contribution is 7.11. The monoisotopic (exact) mass is 212 g/mol. The summed E-state index contributed by atoms with van der Waals surface area (Å²) in [5.41, 5.74) is 0. The van der Waals surface area contributed by atoms with Crippen LogP contribution in [0.5, 0.6) is 0 Å². The third kappa shape index (κ3) is 3.39. The lowest BCUT2D eigenvalue weighted by Gasteiger charge is -2.12. The summed E-state index contributed by atoms with van der Waals surface area (Å²) in [6, 6.07) is 0.391. The van der Waals surface area contributed by atoms with Crippen molar-refractivity contribution in [3.05, 3.63) is 16.1 Å². The molecule has 0 spiro atoms. The smallest absolute Gasteiger partial charge is 0.109 e. The lowest BCUT2D eigenvalue weighted by Crippen LogP contribution is -2.23. The van der Waals surface area contributed by atoms with Crippen molar-refractivity contribution in [1.29, 1.82) is 0 Å². The van der Waals surface area contributed by atoms with E-state index >= 15 is 0 Å². The van der Waals surface area contributed by atoms with E-state index in [0.29, 0.717) is 12.0 Å². The van der Waals surface area contributed by atoms with E-state index in [4.69, 9.17) is 0 Å². The summed E-state index contributed by atoms with van der Waals surface area (Å²) >= 11 is 1.82. The molecule has 0 aliphatic heterocycles. The molecule has 0 aliphatic rings. The molecule has 1 aromatic rings. The Kier molecular flexibility index (Phi) is 4.55. The minimum atomic E-state index is 0.391. The molecule has 0 bridgehead atoms. The highest BCUT2D eigenvalue weighted by Gasteiger charge is 2.09. The average Bonchev–Trinajstić information content (AvgIpc) is 2.62. The van der Waals surface area contributed by atoms with E-state index in [9.17, 15) is 0 Å². The molecule has 2 nitrogen and oxygen atoms in total. The van der Waals surface area contributed by atoms with Crippen LogP contribution in [0.4, 0.5) is 0 Å². The number of rotatable bonds is 5. The molecule has 0 aromatic carbocycles. The quantitative estimate of drug-likeness (QED) is 0.811. The Morgan fingerprint density at radius 2 is 2.14 bits per heavy atom. The molecule has 1 unspecified atom stereocenters. The number of nitrogens with one attached hydrogen (secondary N) is 1. The fourth-order valence-electron chi connectivity index (χ4n) is 1.19. The lowest BCUT2D eigenvalue weighted by atomic mass is 10.2. The second-order valence-electron chi connectivity index (χ2n) is 4.04. The SMILES string of the molecule is CCc1cnc(C(C)NCC(C)C)s1. The van der Waals surface area contributed by atoms with Crippen molar-refractivity contribution in [2.24, 2.45) is 5.92 Å². The summed E-state index contributed by atoms with van der Waals surface area (Å²) in [4.78, 5) is 5.79. The van der Waals surface area contributed by atoms with Crippen molar-refractivity contribution < 1.29 is 0 Å². The standard InChI is InChI=1S/C11H20N2S/c1-5-10-7-13-11(14-10)9(4)12-6-8(2)3/h7-9,12H,5-6H2,1-4H3. The predicted octanol–water partition coefficient (Wildman–Crippen LogP) is 3.01. The van der Waals surface area contributed by atoms with Crippen LogP contribution in [-0.4, -0.2) is 11.5 Å². The largest absolute Gasteiger partial charge is 0.308 e. The van der Waals surface area contributed by atoms with Crippen LogP contribution in [0.3, 0.4) is 0 Å². The summed E-state index contributed by atoms with van der Waals surface area (Å²) in [6.45, 7) is 9.85. The Hall–Kier alpha value is -0.410. The highest BCUT2D eigenvalue weighted by atomic mass is 32.1. The van der Waals surface area contributed by atoms with Gasteiger partial charge in [0.05, 0.1) is 6.04 Å². The van der Waals surface area contributed by atoms with Crippen LogP contribution >= 0.6 is 11.3 Å². The molecule has 1 heterocycles. The van der Waals surface area contributed by atoms with Crippen molar-refractivity contribution in [2.75, 3.05) is 6.54 Å². The average molecular weight is 212 g/mol. The maximum atomic E-state index is 4.42. The van der Waals surface area contributed by atoms with E-state index in [1.165, 1.54) is 9.88 Å². The zero-order chi connectivity index (χ0) is 10.6. The fraction of sp³-hybridized carbons (Fsp3) is 0.727. The number of nitrogens with zero attached hydrogens (tertiary/aromatic N) is 1. The minimum Gasteiger partial charge on any atom is -0.308 e. The first kappa shape index (κ1) is 11.7. The zero-order valence-corrected chi connectivity index (χ0v) is 10.3. The molecule has 14 heavy (non-hydrogen) atoms. The maximum Gasteiger partial charge on any atom is 0.109 e. The van der Waals surface area contributed by atoms with Gasteiger partial charge >= 0.3 is 0 Å². The number of hydrogen-bond acceptors (Lipinski definition) is 3. The Morgan fingerprint density at radius 1 is 1.43 bits per heavy atom. The van der Waals surface area contributed by atoms with E-state index in [2.05, 4.69) is 38.0 Å². The molecule has 1 aromatic heterocycles. The van der Waals surface area contributed by atoms with Crippen LogP contribution in [0.15, 0.2) is 6.20 Å². The molecule has 0 fully saturated rings. The number of hydrogen-bond donors (Lipinski definition) is 1. The van der Waals surface area contributed by atoms with Gasteiger partial charge in [0.15, 0.2) is 0 Å². The Morgan fingerprint density at radius 3 is 2.64 bits per heavy atom. The van der Waals surface area contributed by atoms with Crippen LogP contribution < -0.4 is 5.32 Å². The second-order valence-corrected chi connectivity index (χ2v) is 5.19. The molecule has 0 radical (unpaired) electrons. The molecule has 1 rings (SSSR count). The van der Waals surface area contributed by atoms with Crippen LogP contribution in [0.25, 0.3) is 0 Å². The van der Waals surface area contributed by atoms with E-state index in [-0.39, 0.29) is 0 Å². The summed E-state index contributed by atoms with van der Waals surface area (Å²) in [7, 11) is 0. The van der Waals surface area contributed by atoms with Crippen LogP contribution in [0.2, 0.25) is 0 Å². The van der Waals surface area contributed by atoms with E-state index in [1.807, 2.05) is 17.5 Å². The van der Waals surface area contributed by atoms with Crippen molar-refractivity contribution >= 4 is 11.3 Å². The Bertz CT molecular complexity index is 268. The minimum absolute atomic E-state index is 0.391. The van der Waals surface area contributed by atoms with Crippen LogP contribution in [-0.2, 0) is 6.42 Å². The van der Waals surface area contributed by atoms with E-state index in [1.54, 1.807) is 0 Å². The normalized spacial score (nSPS) is 13.5. The molecule has 1 N–H and O–H groups in total. The van der Waals surface area contributed by atoms with Crippen LogP contribution in [0, 0.1) is 5.92 Å². The topological polar surface area (TPSA) is 24.9 Å². The fourth-order valence-corrected chi connectivity index (χ4v) is 2.07. The molecule has 0 saturated heterocycles. The summed E-state index contributed by atoms with van der Waals surface area (Å²) < 4.78 is 0. The van der Waals surface area contributed by atoms with Gasteiger partial charge in [-0.25, -0.2) is 4.98 Å². The van der Waals surface area contributed by atoms with Gasteiger partial charge in [-0.1, -0.05) is 20.8 Å². The van der Waals surface area contributed by atoms with Gasteiger partial charge in [-0.05, 0) is 25.8 Å². The Balaban J connectivity index is 2.47. The van der Waals surface area contributed by atoms with Gasteiger partial charge in [0.2, 0.25) is 0 Å². The highest BCUT2D eigenvalue weighted by Crippen LogP contribution is 2.20. The molecule has 1 atom stereocenters. The van der Waals surface area contributed by atoms with E-state index < -0.39 is 0 Å². The third-order valence-corrected chi connectivity index (χ3v) is 3.45. The van der Waals surface area contributed by atoms with E-state index in [0.717, 1.165) is 13.0 Å². The zero-order valence-electron chi connectivity index (χ0n) is 9.50. The second kappa shape index (κ2) is 5.47. The van der Waals surface area contributed by atoms with Crippen molar-refractivity contribution in [2.45, 2.75) is 40.2 Å². The lowest BCUT2D eigenvalue weighted by molar-refractivity contribution is 0.495.